The highest BCUT2D eigenvalue weighted by molar-refractivity contribution is 7.99. The number of rotatable bonds is 7. The molecule has 0 aromatic carbocycles. The maximum absolute atomic E-state index is 12.5. The molecule has 0 aliphatic heterocycles. The first-order valence-corrected chi connectivity index (χ1v) is 9.08. The van der Waals surface area contributed by atoms with Crippen molar-refractivity contribution in [1.82, 2.24) is 18.9 Å². The van der Waals surface area contributed by atoms with Crippen LogP contribution in [0.2, 0.25) is 0 Å². The fourth-order valence-electron chi connectivity index (χ4n) is 1.95. The van der Waals surface area contributed by atoms with Crippen LogP contribution in [-0.2, 0) is 14.8 Å². The van der Waals surface area contributed by atoms with Gasteiger partial charge in [0.05, 0.1) is 10.6 Å². The third-order valence-corrected chi connectivity index (χ3v) is 6.03. The number of hydrogen-bond acceptors (Lipinski definition) is 6. The van der Waals surface area contributed by atoms with Crippen molar-refractivity contribution >= 4 is 33.3 Å². The lowest BCUT2D eigenvalue weighted by Crippen LogP contribution is -2.30. The van der Waals surface area contributed by atoms with Crippen molar-refractivity contribution in [3.63, 3.8) is 0 Å². The molecule has 0 radical (unpaired) electrons. The van der Waals surface area contributed by atoms with Crippen molar-refractivity contribution < 1.29 is 13.2 Å². The lowest BCUT2D eigenvalue weighted by atomic mass is 10.5. The first-order chi connectivity index (χ1) is 10.4. The van der Waals surface area contributed by atoms with Gasteiger partial charge in [-0.25, -0.2) is 8.42 Å². The average Bonchev–Trinajstić information content (AvgIpc) is 2.88. The summed E-state index contributed by atoms with van der Waals surface area (Å²) in [6, 6.07) is 3.08. The number of thioether (sulfide) groups is 1. The zero-order valence-corrected chi connectivity index (χ0v) is 13.9. The molecule has 2 aromatic rings. The van der Waals surface area contributed by atoms with Crippen LogP contribution in [0.15, 0.2) is 28.4 Å². The Bertz CT molecular complexity index is 783. The molecule has 0 aliphatic carbocycles. The second-order valence-corrected chi connectivity index (χ2v) is 7.30. The van der Waals surface area contributed by atoms with E-state index < -0.39 is 15.9 Å². The number of aromatic nitrogens is 3. The second kappa shape index (κ2) is 6.63. The van der Waals surface area contributed by atoms with Crippen LogP contribution in [0.4, 0.5) is 0 Å². The molecule has 120 valence electrons. The molecule has 0 saturated heterocycles. The molecule has 2 heterocycles. The predicted molar refractivity (Wildman–Crippen MR) is 83.0 cm³/mol. The molecule has 22 heavy (non-hydrogen) atoms. The van der Waals surface area contributed by atoms with Crippen molar-refractivity contribution in [3.05, 3.63) is 18.3 Å². The summed E-state index contributed by atoms with van der Waals surface area (Å²) in [5, 5.41) is 8.29. The number of carbonyl (C=O) groups is 1. The third-order valence-electron chi connectivity index (χ3n) is 3.03. The van der Waals surface area contributed by atoms with E-state index in [1.54, 1.807) is 24.3 Å². The van der Waals surface area contributed by atoms with Gasteiger partial charge in [-0.3, -0.25) is 9.20 Å². The van der Waals surface area contributed by atoms with Crippen molar-refractivity contribution in [3.8, 4) is 0 Å². The molecule has 0 saturated carbocycles. The van der Waals surface area contributed by atoms with Gasteiger partial charge in [0.1, 0.15) is 0 Å². The summed E-state index contributed by atoms with van der Waals surface area (Å²) >= 11 is 1.11. The topological polar surface area (TPSA) is 111 Å². The van der Waals surface area contributed by atoms with Crippen LogP contribution < -0.4 is 5.73 Å². The van der Waals surface area contributed by atoms with Crippen LogP contribution in [0.1, 0.15) is 13.8 Å². The maximum Gasteiger partial charge on any atom is 0.244 e. The molecule has 0 aliphatic rings. The molecule has 2 N–H and O–H groups in total. The zero-order chi connectivity index (χ0) is 16.3. The quantitative estimate of drug-likeness (QED) is 0.726. The molecule has 0 spiro atoms. The average molecular weight is 343 g/mol. The monoisotopic (exact) mass is 343 g/mol. The van der Waals surface area contributed by atoms with Crippen molar-refractivity contribution in [2.75, 3.05) is 18.8 Å². The molecule has 0 bridgehead atoms. The van der Waals surface area contributed by atoms with E-state index in [2.05, 4.69) is 10.2 Å². The van der Waals surface area contributed by atoms with Gasteiger partial charge < -0.3 is 5.73 Å². The van der Waals surface area contributed by atoms with E-state index in [9.17, 15) is 13.2 Å². The Hall–Kier alpha value is -1.65. The van der Waals surface area contributed by atoms with Crippen LogP contribution in [0.3, 0.4) is 0 Å². The third kappa shape index (κ3) is 3.23. The number of hydrogen-bond donors (Lipinski definition) is 1. The van der Waals surface area contributed by atoms with Crippen molar-refractivity contribution in [2.45, 2.75) is 23.9 Å². The van der Waals surface area contributed by atoms with E-state index in [1.165, 1.54) is 16.6 Å². The lowest BCUT2D eigenvalue weighted by molar-refractivity contribution is -0.115. The maximum atomic E-state index is 12.5. The summed E-state index contributed by atoms with van der Waals surface area (Å²) < 4.78 is 28.0. The van der Waals surface area contributed by atoms with E-state index >= 15 is 0 Å². The zero-order valence-electron chi connectivity index (χ0n) is 12.3. The largest absolute Gasteiger partial charge is 0.369 e. The van der Waals surface area contributed by atoms with E-state index in [0.717, 1.165) is 11.8 Å². The summed E-state index contributed by atoms with van der Waals surface area (Å²) in [5.41, 5.74) is 5.61. The minimum absolute atomic E-state index is 0.0494. The van der Waals surface area contributed by atoms with Crippen LogP contribution in [-0.4, -0.2) is 52.1 Å². The Labute approximate surface area is 132 Å². The highest BCUT2D eigenvalue weighted by atomic mass is 32.2. The fourth-order valence-corrected chi connectivity index (χ4v) is 4.06. The Balaban J connectivity index is 2.45. The summed E-state index contributed by atoms with van der Waals surface area (Å²) in [6.07, 6.45) is 1.46. The predicted octanol–water partition coefficient (Wildman–Crippen LogP) is 0.337. The van der Waals surface area contributed by atoms with Crippen LogP contribution in [0.5, 0.6) is 0 Å². The van der Waals surface area contributed by atoms with Gasteiger partial charge in [-0.05, 0) is 12.1 Å². The summed E-state index contributed by atoms with van der Waals surface area (Å²) in [5.74, 6) is -0.429. The smallest absolute Gasteiger partial charge is 0.244 e. The fraction of sp³-hybridized carbons (Fsp3) is 0.417. The minimum Gasteiger partial charge on any atom is -0.369 e. The standard InChI is InChI=1S/C12H17N5O3S2/c1-3-16(4-2)22(19,20)9-5-6-11-14-15-12(17(11)7-9)21-8-10(13)18/h5-7H,3-4,8H2,1-2H3,(H2,13,18). The van der Waals surface area contributed by atoms with Gasteiger partial charge in [-0.1, -0.05) is 25.6 Å². The van der Waals surface area contributed by atoms with Gasteiger partial charge >= 0.3 is 0 Å². The van der Waals surface area contributed by atoms with Crippen LogP contribution in [0.25, 0.3) is 5.65 Å². The van der Waals surface area contributed by atoms with Gasteiger partial charge in [0.15, 0.2) is 10.8 Å². The first-order valence-electron chi connectivity index (χ1n) is 6.66. The molecule has 0 fully saturated rings. The number of primary amides is 1. The Morgan fingerprint density at radius 1 is 1.32 bits per heavy atom. The van der Waals surface area contributed by atoms with E-state index in [4.69, 9.17) is 5.73 Å². The molecule has 0 unspecified atom stereocenters. The Kier molecular flexibility index (Phi) is 5.04. The van der Waals surface area contributed by atoms with Crippen LogP contribution in [0, 0.1) is 0 Å². The van der Waals surface area contributed by atoms with Crippen LogP contribution >= 0.6 is 11.8 Å². The van der Waals surface area contributed by atoms with Gasteiger partial charge in [0.25, 0.3) is 0 Å². The van der Waals surface area contributed by atoms with Gasteiger partial charge in [-0.2, -0.15) is 4.31 Å². The van der Waals surface area contributed by atoms with Crippen molar-refractivity contribution in [2.24, 2.45) is 5.73 Å². The molecule has 2 aromatic heterocycles. The molecule has 0 atom stereocenters. The van der Waals surface area contributed by atoms with Gasteiger partial charge in [0.2, 0.25) is 15.9 Å². The molecular weight excluding hydrogens is 326 g/mol. The Morgan fingerprint density at radius 3 is 2.59 bits per heavy atom. The number of pyridine rings is 1. The normalized spacial score (nSPS) is 12.1. The second-order valence-electron chi connectivity index (χ2n) is 4.42. The van der Waals surface area contributed by atoms with Gasteiger partial charge in [0, 0.05) is 19.3 Å². The first kappa shape index (κ1) is 16.7. The molecule has 2 rings (SSSR count). The number of nitrogens with two attached hydrogens (primary N) is 1. The lowest BCUT2D eigenvalue weighted by Gasteiger charge is -2.18. The number of sulfonamides is 1. The number of fused-ring (bicyclic) bond motifs is 1. The van der Waals surface area contributed by atoms with Gasteiger partial charge in [-0.15, -0.1) is 10.2 Å². The number of nitrogens with zero attached hydrogens (tertiary/aromatic N) is 4. The highest BCUT2D eigenvalue weighted by Crippen LogP contribution is 2.21. The summed E-state index contributed by atoms with van der Waals surface area (Å²) in [4.78, 5) is 11.0. The van der Waals surface area contributed by atoms with Crippen molar-refractivity contribution in [1.29, 1.82) is 0 Å². The molecular formula is C12H17N5O3S2. The van der Waals surface area contributed by atoms with E-state index in [1.807, 2.05) is 0 Å². The van der Waals surface area contributed by atoms with E-state index in [-0.39, 0.29) is 10.6 Å². The minimum atomic E-state index is -3.56. The molecule has 8 nitrogen and oxygen atoms in total. The SMILES string of the molecule is CCN(CC)S(=O)(=O)c1ccc2nnc(SCC(N)=O)n2c1. The molecule has 1 amide bonds. The highest BCUT2D eigenvalue weighted by Gasteiger charge is 2.22. The van der Waals surface area contributed by atoms with E-state index in [0.29, 0.717) is 23.9 Å². The molecule has 10 heteroatoms. The number of carbonyl (C=O) groups excluding carboxylic acids is 1. The summed E-state index contributed by atoms with van der Waals surface area (Å²) in [7, 11) is -3.56. The Morgan fingerprint density at radius 2 is 2.00 bits per heavy atom. The summed E-state index contributed by atoms with van der Waals surface area (Å²) in [6.45, 7) is 4.35. The number of amides is 1.